The Balaban J connectivity index is 1.92. The molecule has 154 valence electrons. The zero-order chi connectivity index (χ0) is 21.7. The van der Waals surface area contributed by atoms with Crippen LogP contribution < -0.4 is 11.1 Å². The van der Waals surface area contributed by atoms with Gasteiger partial charge in [-0.05, 0) is 49.6 Å². The number of aryl methyl sites for hydroxylation is 2. The van der Waals surface area contributed by atoms with E-state index in [2.05, 4.69) is 31.3 Å². The van der Waals surface area contributed by atoms with E-state index >= 15 is 0 Å². The third-order valence-electron chi connectivity index (χ3n) is 4.96. The van der Waals surface area contributed by atoms with Crippen LogP contribution in [0, 0.1) is 13.8 Å². The molecule has 0 radical (unpaired) electrons. The van der Waals surface area contributed by atoms with E-state index in [4.69, 9.17) is 10.8 Å². The van der Waals surface area contributed by atoms with Gasteiger partial charge in [-0.3, -0.25) is 14.3 Å². The number of carbonyl (C=O) groups is 2. The number of hydrogen-bond acceptors (Lipinski definition) is 3. The van der Waals surface area contributed by atoms with Gasteiger partial charge in [-0.15, -0.1) is 0 Å². The van der Waals surface area contributed by atoms with Gasteiger partial charge < -0.3 is 11.1 Å². The zero-order valence-electron chi connectivity index (χ0n) is 17.4. The van der Waals surface area contributed by atoms with Gasteiger partial charge in [0.05, 0.1) is 12.2 Å². The number of aromatic nitrogens is 2. The van der Waals surface area contributed by atoms with E-state index in [-0.39, 0.29) is 5.91 Å². The van der Waals surface area contributed by atoms with Crippen LogP contribution in [0.5, 0.6) is 0 Å². The first-order valence-electron chi connectivity index (χ1n) is 9.80. The lowest BCUT2D eigenvalue weighted by molar-refractivity contribution is -0.124. The molecule has 6 nitrogen and oxygen atoms in total. The summed E-state index contributed by atoms with van der Waals surface area (Å²) < 4.78 is 1.86. The molecule has 30 heavy (non-hydrogen) atoms. The van der Waals surface area contributed by atoms with E-state index in [0.717, 1.165) is 22.4 Å². The van der Waals surface area contributed by atoms with Crippen LogP contribution in [0.25, 0.3) is 17.3 Å². The number of benzene rings is 2. The van der Waals surface area contributed by atoms with Gasteiger partial charge >= 0.3 is 0 Å². The molecule has 3 aromatic rings. The summed E-state index contributed by atoms with van der Waals surface area (Å²) in [5.41, 5.74) is 11.3. The van der Waals surface area contributed by atoms with Crippen molar-refractivity contribution in [1.82, 2.24) is 15.1 Å². The predicted octanol–water partition coefficient (Wildman–Crippen LogP) is 3.22. The molecule has 0 saturated heterocycles. The minimum Gasteiger partial charge on any atom is -0.368 e. The van der Waals surface area contributed by atoms with Crippen LogP contribution in [-0.2, 0) is 16.1 Å². The van der Waals surface area contributed by atoms with Crippen LogP contribution in [0.15, 0.2) is 60.8 Å². The number of nitrogens with zero attached hydrogens (tertiary/aromatic N) is 2. The number of amides is 2. The van der Waals surface area contributed by atoms with Gasteiger partial charge in [0.15, 0.2) is 0 Å². The van der Waals surface area contributed by atoms with Crippen molar-refractivity contribution in [2.75, 3.05) is 0 Å². The maximum Gasteiger partial charge on any atom is 0.244 e. The number of carbonyl (C=O) groups excluding carboxylic acids is 2. The van der Waals surface area contributed by atoms with Crippen molar-refractivity contribution >= 4 is 17.9 Å². The van der Waals surface area contributed by atoms with E-state index in [1.165, 1.54) is 17.2 Å². The molecule has 2 aromatic carbocycles. The third-order valence-corrected chi connectivity index (χ3v) is 4.96. The van der Waals surface area contributed by atoms with E-state index in [1.807, 2.05) is 47.3 Å². The van der Waals surface area contributed by atoms with Crippen LogP contribution >= 0.6 is 0 Å². The summed E-state index contributed by atoms with van der Waals surface area (Å²) in [6, 6.07) is 15.5. The van der Waals surface area contributed by atoms with E-state index in [9.17, 15) is 9.59 Å². The molecule has 3 rings (SSSR count). The summed E-state index contributed by atoms with van der Waals surface area (Å²) in [7, 11) is 0. The van der Waals surface area contributed by atoms with Crippen molar-refractivity contribution in [3.63, 3.8) is 0 Å². The molecule has 0 spiro atoms. The molecule has 1 atom stereocenters. The molecule has 6 heteroatoms. The minimum absolute atomic E-state index is 0.386. The number of nitrogens with one attached hydrogen (secondary N) is 1. The zero-order valence-corrected chi connectivity index (χ0v) is 17.4. The van der Waals surface area contributed by atoms with Crippen LogP contribution in [0.1, 0.15) is 29.2 Å². The Bertz CT molecular complexity index is 1080. The second-order valence-electron chi connectivity index (χ2n) is 7.38. The quantitative estimate of drug-likeness (QED) is 0.595. The fourth-order valence-electron chi connectivity index (χ4n) is 3.02. The van der Waals surface area contributed by atoms with Gasteiger partial charge in [0, 0.05) is 23.4 Å². The predicted molar refractivity (Wildman–Crippen MR) is 119 cm³/mol. The molecule has 0 saturated carbocycles. The first kappa shape index (κ1) is 21.0. The molecule has 0 aliphatic heterocycles. The van der Waals surface area contributed by atoms with Gasteiger partial charge in [-0.1, -0.05) is 42.5 Å². The normalized spacial score (nSPS) is 12.1. The Kier molecular flexibility index (Phi) is 6.47. The molecule has 0 aliphatic rings. The van der Waals surface area contributed by atoms with Gasteiger partial charge in [0.25, 0.3) is 0 Å². The van der Waals surface area contributed by atoms with Crippen LogP contribution in [-0.4, -0.2) is 27.6 Å². The van der Waals surface area contributed by atoms with Crippen molar-refractivity contribution in [3.05, 3.63) is 83.1 Å². The second-order valence-corrected chi connectivity index (χ2v) is 7.38. The summed E-state index contributed by atoms with van der Waals surface area (Å²) in [5, 5.41) is 7.32. The van der Waals surface area contributed by atoms with Gasteiger partial charge in [0.1, 0.15) is 6.04 Å². The van der Waals surface area contributed by atoms with Crippen molar-refractivity contribution in [3.8, 4) is 11.3 Å². The summed E-state index contributed by atoms with van der Waals surface area (Å²) in [4.78, 5) is 23.3. The molecule has 0 bridgehead atoms. The average Bonchev–Trinajstić information content (AvgIpc) is 3.11. The molecule has 3 N–H and O–H groups in total. The first-order chi connectivity index (χ1) is 14.3. The average molecular weight is 402 g/mol. The number of rotatable bonds is 7. The van der Waals surface area contributed by atoms with Gasteiger partial charge in [-0.2, -0.15) is 5.10 Å². The highest BCUT2D eigenvalue weighted by Gasteiger charge is 2.13. The Hall–Kier alpha value is -3.67. The van der Waals surface area contributed by atoms with Crippen LogP contribution in [0.4, 0.5) is 0 Å². The maximum atomic E-state index is 12.1. The monoisotopic (exact) mass is 402 g/mol. The highest BCUT2D eigenvalue weighted by Crippen LogP contribution is 2.26. The van der Waals surface area contributed by atoms with Crippen LogP contribution in [0.3, 0.4) is 0 Å². The second kappa shape index (κ2) is 9.22. The molecular weight excluding hydrogens is 376 g/mol. The van der Waals surface area contributed by atoms with Gasteiger partial charge in [0.2, 0.25) is 11.8 Å². The third kappa shape index (κ3) is 5.23. The van der Waals surface area contributed by atoms with Crippen molar-refractivity contribution in [1.29, 1.82) is 0 Å². The Morgan fingerprint density at radius 2 is 1.87 bits per heavy atom. The van der Waals surface area contributed by atoms with Crippen LogP contribution in [0.2, 0.25) is 0 Å². The molecule has 0 fully saturated rings. The summed E-state index contributed by atoms with van der Waals surface area (Å²) >= 11 is 0. The molecule has 2 amide bonds. The Morgan fingerprint density at radius 1 is 1.13 bits per heavy atom. The van der Waals surface area contributed by atoms with Crippen molar-refractivity contribution in [2.24, 2.45) is 5.73 Å². The lowest BCUT2D eigenvalue weighted by Crippen LogP contribution is -2.41. The molecule has 1 unspecified atom stereocenters. The molecular formula is C24H26N4O2. The summed E-state index contributed by atoms with van der Waals surface area (Å²) in [5.74, 6) is -0.966. The SMILES string of the molecule is Cc1ccc(-c2nn(Cc3ccccc3)cc2/C=C/C(=O)NC(C)C(N)=O)cc1C. The summed E-state index contributed by atoms with van der Waals surface area (Å²) in [6.45, 7) is 6.30. The Labute approximate surface area is 176 Å². The minimum atomic E-state index is -0.734. The van der Waals surface area contributed by atoms with Crippen molar-refractivity contribution < 1.29 is 9.59 Å². The highest BCUT2D eigenvalue weighted by atomic mass is 16.2. The maximum absolute atomic E-state index is 12.1. The molecule has 1 aromatic heterocycles. The summed E-state index contributed by atoms with van der Waals surface area (Å²) in [6.07, 6.45) is 5.02. The smallest absolute Gasteiger partial charge is 0.244 e. The lowest BCUT2D eigenvalue weighted by atomic mass is 10.0. The van der Waals surface area contributed by atoms with E-state index < -0.39 is 11.9 Å². The number of nitrogens with two attached hydrogens (primary N) is 1. The standard InChI is InChI=1S/C24H26N4O2/c1-16-9-10-20(13-17(16)2)23-21(11-12-22(29)26-18(3)24(25)30)15-28(27-23)14-19-7-5-4-6-8-19/h4-13,15,18H,14H2,1-3H3,(H2,25,30)(H,26,29)/b12-11+. The van der Waals surface area contributed by atoms with Gasteiger partial charge in [-0.25, -0.2) is 0 Å². The first-order valence-corrected chi connectivity index (χ1v) is 9.80. The fraction of sp³-hybridized carbons (Fsp3) is 0.208. The number of hydrogen-bond donors (Lipinski definition) is 2. The lowest BCUT2D eigenvalue weighted by Gasteiger charge is -2.07. The topological polar surface area (TPSA) is 90.0 Å². The van der Waals surface area contributed by atoms with Crippen molar-refractivity contribution in [2.45, 2.75) is 33.4 Å². The number of primary amides is 1. The fourth-order valence-corrected chi connectivity index (χ4v) is 3.02. The molecule has 1 heterocycles. The van der Waals surface area contributed by atoms with E-state index in [1.54, 1.807) is 13.0 Å². The largest absolute Gasteiger partial charge is 0.368 e. The molecule has 0 aliphatic carbocycles. The van der Waals surface area contributed by atoms with E-state index in [0.29, 0.717) is 6.54 Å². The highest BCUT2D eigenvalue weighted by molar-refractivity contribution is 5.95. The Morgan fingerprint density at radius 3 is 2.53 bits per heavy atom.